The summed E-state index contributed by atoms with van der Waals surface area (Å²) in [6, 6.07) is 0. The number of carbonyl (C=O) groups is 1. The van der Waals surface area contributed by atoms with E-state index in [0.717, 1.165) is 24.8 Å². The minimum atomic E-state index is -0.207. The van der Waals surface area contributed by atoms with Gasteiger partial charge < -0.3 is 10.1 Å². The number of carbonyl (C=O) groups excluding carboxylic acids is 1. The van der Waals surface area contributed by atoms with Gasteiger partial charge in [0.2, 0.25) is 5.91 Å². The molecule has 0 aromatic heterocycles. The molecule has 3 nitrogen and oxygen atoms in total. The number of ether oxygens (including phenoxy) is 1. The molecule has 1 amide bonds. The standard InChI is InChI=1S/C10H18BrNO2/c1-10(2,6-11)7-12-9(13)8-4-3-5-14-8/h8H,3-7H2,1-2H3,(H,12,13). The summed E-state index contributed by atoms with van der Waals surface area (Å²) in [7, 11) is 0. The zero-order valence-corrected chi connectivity index (χ0v) is 10.4. The summed E-state index contributed by atoms with van der Waals surface area (Å²) < 4.78 is 5.29. The second kappa shape index (κ2) is 5.12. The Morgan fingerprint density at radius 1 is 1.64 bits per heavy atom. The van der Waals surface area contributed by atoms with Gasteiger partial charge in [0.05, 0.1) is 0 Å². The fourth-order valence-corrected chi connectivity index (χ4v) is 1.47. The van der Waals surface area contributed by atoms with Crippen LogP contribution in [0.4, 0.5) is 0 Å². The van der Waals surface area contributed by atoms with Crippen LogP contribution in [0.2, 0.25) is 0 Å². The van der Waals surface area contributed by atoms with E-state index in [1.165, 1.54) is 0 Å². The zero-order valence-electron chi connectivity index (χ0n) is 8.81. The van der Waals surface area contributed by atoms with Crippen LogP contribution in [-0.2, 0) is 9.53 Å². The van der Waals surface area contributed by atoms with Gasteiger partial charge in [-0.25, -0.2) is 0 Å². The fourth-order valence-electron chi connectivity index (χ4n) is 1.27. The smallest absolute Gasteiger partial charge is 0.249 e. The molecule has 1 aliphatic heterocycles. The molecule has 14 heavy (non-hydrogen) atoms. The largest absolute Gasteiger partial charge is 0.368 e. The van der Waals surface area contributed by atoms with E-state index in [9.17, 15) is 4.79 Å². The average molecular weight is 264 g/mol. The number of halogens is 1. The minimum absolute atomic E-state index is 0.0384. The Kier molecular flexibility index (Phi) is 4.38. The topological polar surface area (TPSA) is 38.3 Å². The Morgan fingerprint density at radius 3 is 2.86 bits per heavy atom. The molecule has 1 saturated heterocycles. The van der Waals surface area contributed by atoms with Crippen molar-refractivity contribution in [3.63, 3.8) is 0 Å². The van der Waals surface area contributed by atoms with Gasteiger partial charge in [-0.1, -0.05) is 29.8 Å². The third-order valence-corrected chi connectivity index (χ3v) is 3.84. The highest BCUT2D eigenvalue weighted by atomic mass is 79.9. The van der Waals surface area contributed by atoms with E-state index in [-0.39, 0.29) is 17.4 Å². The highest BCUT2D eigenvalue weighted by molar-refractivity contribution is 9.09. The predicted molar refractivity (Wildman–Crippen MR) is 59.6 cm³/mol. The van der Waals surface area contributed by atoms with Crippen LogP contribution in [0.1, 0.15) is 26.7 Å². The van der Waals surface area contributed by atoms with E-state index in [4.69, 9.17) is 4.74 Å². The van der Waals surface area contributed by atoms with Gasteiger partial charge in [0.1, 0.15) is 6.10 Å². The lowest BCUT2D eigenvalue weighted by Gasteiger charge is -2.22. The first-order valence-corrected chi connectivity index (χ1v) is 6.12. The summed E-state index contributed by atoms with van der Waals surface area (Å²) in [5.74, 6) is 0.0384. The van der Waals surface area contributed by atoms with Gasteiger partial charge in [-0.05, 0) is 18.3 Å². The molecule has 1 unspecified atom stereocenters. The zero-order chi connectivity index (χ0) is 10.6. The molecule has 0 aromatic rings. The van der Waals surface area contributed by atoms with Gasteiger partial charge in [-0.2, -0.15) is 0 Å². The van der Waals surface area contributed by atoms with Crippen LogP contribution in [0, 0.1) is 5.41 Å². The van der Waals surface area contributed by atoms with Crippen molar-refractivity contribution in [2.75, 3.05) is 18.5 Å². The molecule has 1 rings (SSSR count). The first-order valence-electron chi connectivity index (χ1n) is 5.00. The lowest BCUT2D eigenvalue weighted by molar-refractivity contribution is -0.130. The lowest BCUT2D eigenvalue weighted by atomic mass is 9.97. The van der Waals surface area contributed by atoms with Crippen molar-refractivity contribution in [1.82, 2.24) is 5.32 Å². The molecule has 0 saturated carbocycles. The molecule has 0 radical (unpaired) electrons. The van der Waals surface area contributed by atoms with E-state index in [2.05, 4.69) is 35.1 Å². The first-order chi connectivity index (χ1) is 6.55. The van der Waals surface area contributed by atoms with Crippen LogP contribution in [0.5, 0.6) is 0 Å². The van der Waals surface area contributed by atoms with Crippen LogP contribution in [0.15, 0.2) is 0 Å². The quantitative estimate of drug-likeness (QED) is 0.785. The van der Waals surface area contributed by atoms with Crippen molar-refractivity contribution in [2.24, 2.45) is 5.41 Å². The summed E-state index contributed by atoms with van der Waals surface area (Å²) in [6.07, 6.45) is 1.65. The first kappa shape index (κ1) is 12.0. The third-order valence-electron chi connectivity index (χ3n) is 2.33. The third kappa shape index (κ3) is 3.58. The summed E-state index contributed by atoms with van der Waals surface area (Å²) in [5, 5.41) is 3.80. The van der Waals surface area contributed by atoms with Crippen molar-refractivity contribution < 1.29 is 9.53 Å². The lowest BCUT2D eigenvalue weighted by Crippen LogP contribution is -2.40. The van der Waals surface area contributed by atoms with E-state index in [1.54, 1.807) is 0 Å². The van der Waals surface area contributed by atoms with Gasteiger partial charge in [0.25, 0.3) is 0 Å². The predicted octanol–water partition coefficient (Wildman–Crippen LogP) is 1.70. The van der Waals surface area contributed by atoms with Gasteiger partial charge in [0, 0.05) is 18.5 Å². The van der Waals surface area contributed by atoms with Crippen molar-refractivity contribution in [3.05, 3.63) is 0 Å². The summed E-state index contributed by atoms with van der Waals surface area (Å²) in [6.45, 7) is 5.63. The molecule has 1 atom stereocenters. The summed E-state index contributed by atoms with van der Waals surface area (Å²) in [5.41, 5.74) is 0.105. The van der Waals surface area contributed by atoms with Gasteiger partial charge in [-0.3, -0.25) is 4.79 Å². The summed E-state index contributed by atoms with van der Waals surface area (Å²) >= 11 is 3.42. The maximum Gasteiger partial charge on any atom is 0.249 e. The number of nitrogens with one attached hydrogen (secondary N) is 1. The Bertz CT molecular complexity index is 200. The van der Waals surface area contributed by atoms with Crippen LogP contribution >= 0.6 is 15.9 Å². The second-order valence-corrected chi connectivity index (χ2v) is 5.08. The SMILES string of the molecule is CC(C)(CBr)CNC(=O)C1CCCO1. The number of hydrogen-bond donors (Lipinski definition) is 1. The van der Waals surface area contributed by atoms with Crippen LogP contribution < -0.4 is 5.32 Å². The van der Waals surface area contributed by atoms with Crippen molar-refractivity contribution in [1.29, 1.82) is 0 Å². The summed E-state index contributed by atoms with van der Waals surface area (Å²) in [4.78, 5) is 11.6. The molecule has 1 aliphatic rings. The van der Waals surface area contributed by atoms with E-state index in [0.29, 0.717) is 6.54 Å². The van der Waals surface area contributed by atoms with Gasteiger partial charge in [-0.15, -0.1) is 0 Å². The van der Waals surface area contributed by atoms with Crippen LogP contribution in [-0.4, -0.2) is 30.5 Å². The van der Waals surface area contributed by atoms with Gasteiger partial charge >= 0.3 is 0 Å². The highest BCUT2D eigenvalue weighted by Crippen LogP contribution is 2.17. The monoisotopic (exact) mass is 263 g/mol. The molecule has 1 N–H and O–H groups in total. The number of alkyl halides is 1. The molecular formula is C10H18BrNO2. The van der Waals surface area contributed by atoms with Crippen LogP contribution in [0.3, 0.4) is 0 Å². The Labute approximate surface area is 93.7 Å². The maximum atomic E-state index is 11.6. The number of amides is 1. The van der Waals surface area contributed by atoms with Crippen molar-refractivity contribution >= 4 is 21.8 Å². The molecule has 82 valence electrons. The second-order valence-electron chi connectivity index (χ2n) is 4.52. The van der Waals surface area contributed by atoms with E-state index < -0.39 is 0 Å². The van der Waals surface area contributed by atoms with Gasteiger partial charge in [0.15, 0.2) is 0 Å². The minimum Gasteiger partial charge on any atom is -0.368 e. The Hall–Kier alpha value is -0.0900. The molecule has 4 heteroatoms. The molecule has 0 spiro atoms. The molecule has 1 heterocycles. The van der Waals surface area contributed by atoms with E-state index >= 15 is 0 Å². The van der Waals surface area contributed by atoms with E-state index in [1.807, 2.05) is 0 Å². The van der Waals surface area contributed by atoms with Crippen molar-refractivity contribution in [2.45, 2.75) is 32.8 Å². The molecular weight excluding hydrogens is 246 g/mol. The van der Waals surface area contributed by atoms with Crippen LogP contribution in [0.25, 0.3) is 0 Å². The molecule has 0 aliphatic carbocycles. The Morgan fingerprint density at radius 2 is 2.36 bits per heavy atom. The molecule has 0 aromatic carbocycles. The normalized spacial score (nSPS) is 22.4. The molecule has 0 bridgehead atoms. The average Bonchev–Trinajstić information content (AvgIpc) is 2.67. The Balaban J connectivity index is 2.27. The fraction of sp³-hybridized carbons (Fsp3) is 0.900. The maximum absolute atomic E-state index is 11.6. The highest BCUT2D eigenvalue weighted by Gasteiger charge is 2.25. The number of rotatable bonds is 4. The number of hydrogen-bond acceptors (Lipinski definition) is 2. The van der Waals surface area contributed by atoms with Crippen molar-refractivity contribution in [3.8, 4) is 0 Å². The molecule has 1 fully saturated rings.